The van der Waals surface area contributed by atoms with Crippen LogP contribution in [0.1, 0.15) is 29.3 Å². The molecule has 0 fully saturated rings. The Morgan fingerprint density at radius 3 is 2.70 bits per heavy atom. The first-order valence-electron chi connectivity index (χ1n) is 11.9. The van der Waals surface area contributed by atoms with E-state index in [1.165, 1.54) is 6.26 Å². The van der Waals surface area contributed by atoms with Crippen molar-refractivity contribution in [3.05, 3.63) is 77.9 Å². The number of aromatic nitrogens is 3. The lowest BCUT2D eigenvalue weighted by atomic mass is 9.96. The number of carbonyl (C=O) groups is 1. The van der Waals surface area contributed by atoms with Gasteiger partial charge in [0.1, 0.15) is 28.9 Å². The van der Waals surface area contributed by atoms with Gasteiger partial charge in [0.25, 0.3) is 0 Å². The number of ether oxygens (including phenoxy) is 2. The predicted octanol–water partition coefficient (Wildman–Crippen LogP) is 4.27. The quantitative estimate of drug-likeness (QED) is 0.406. The van der Waals surface area contributed by atoms with Crippen LogP contribution >= 0.6 is 0 Å². The first kappa shape index (κ1) is 23.2. The molecule has 6 rings (SSSR count). The molecular weight excluding hydrogens is 492 g/mol. The van der Waals surface area contributed by atoms with E-state index in [1.54, 1.807) is 36.7 Å². The molecule has 2 aliphatic rings. The minimum Gasteiger partial charge on any atom is -0.493 e. The summed E-state index contributed by atoms with van der Waals surface area (Å²) in [4.78, 5) is 24.2. The lowest BCUT2D eigenvalue weighted by Crippen LogP contribution is -2.20. The zero-order valence-corrected chi connectivity index (χ0v) is 20.8. The number of nitrogens with one attached hydrogen (secondary N) is 2. The second-order valence-electron chi connectivity index (χ2n) is 9.25. The predicted molar refractivity (Wildman–Crippen MR) is 137 cm³/mol. The molecule has 9 nitrogen and oxygen atoms in total. The van der Waals surface area contributed by atoms with Crippen molar-refractivity contribution in [2.45, 2.75) is 30.1 Å². The monoisotopic (exact) mass is 516 g/mol. The van der Waals surface area contributed by atoms with Gasteiger partial charge in [0.05, 0.1) is 29.3 Å². The molecule has 0 saturated carbocycles. The van der Waals surface area contributed by atoms with Crippen LogP contribution in [0.5, 0.6) is 17.2 Å². The molecule has 2 aliphatic heterocycles. The number of amides is 1. The van der Waals surface area contributed by atoms with Crippen molar-refractivity contribution in [1.82, 2.24) is 15.0 Å². The zero-order valence-electron chi connectivity index (χ0n) is 20.0. The summed E-state index contributed by atoms with van der Waals surface area (Å²) in [7, 11) is -3.24. The van der Waals surface area contributed by atoms with Crippen LogP contribution in [0.15, 0.2) is 65.8 Å². The van der Waals surface area contributed by atoms with E-state index in [-0.39, 0.29) is 16.7 Å². The zero-order chi connectivity index (χ0) is 25.6. The van der Waals surface area contributed by atoms with Crippen LogP contribution < -0.4 is 14.8 Å². The maximum absolute atomic E-state index is 11.7. The highest BCUT2D eigenvalue weighted by molar-refractivity contribution is 7.90. The highest BCUT2D eigenvalue weighted by atomic mass is 32.2. The fraction of sp³-hybridized carbons (Fsp3) is 0.222. The van der Waals surface area contributed by atoms with E-state index in [2.05, 4.69) is 20.3 Å². The van der Waals surface area contributed by atoms with E-state index < -0.39 is 9.84 Å². The third kappa shape index (κ3) is 4.67. The maximum Gasteiger partial charge on any atom is 0.225 e. The number of aromatic amines is 1. The second kappa shape index (κ2) is 9.04. The van der Waals surface area contributed by atoms with Gasteiger partial charge in [0.15, 0.2) is 9.84 Å². The summed E-state index contributed by atoms with van der Waals surface area (Å²) in [5.41, 5.74) is 3.57. The number of carbonyl (C=O) groups excluding carboxylic acids is 1. The molecule has 4 heterocycles. The van der Waals surface area contributed by atoms with E-state index >= 15 is 0 Å². The van der Waals surface area contributed by atoms with Gasteiger partial charge in [-0.3, -0.25) is 4.79 Å². The van der Waals surface area contributed by atoms with Crippen LogP contribution in [-0.2, 0) is 27.5 Å². The van der Waals surface area contributed by atoms with Crippen molar-refractivity contribution in [2.24, 2.45) is 0 Å². The summed E-state index contributed by atoms with van der Waals surface area (Å²) in [6, 6.07) is 14.3. The number of imidazole rings is 1. The Bertz CT molecular complexity index is 1610. The number of H-pyrrole nitrogens is 1. The summed E-state index contributed by atoms with van der Waals surface area (Å²) in [6.07, 6.45) is 6.28. The summed E-state index contributed by atoms with van der Waals surface area (Å²) in [5, 5.41) is 2.80. The van der Waals surface area contributed by atoms with Gasteiger partial charge in [-0.25, -0.2) is 18.4 Å². The average molecular weight is 517 g/mol. The van der Waals surface area contributed by atoms with Gasteiger partial charge in [0, 0.05) is 24.4 Å². The molecule has 0 bridgehead atoms. The van der Waals surface area contributed by atoms with Gasteiger partial charge in [-0.2, -0.15) is 0 Å². The molecule has 188 valence electrons. The van der Waals surface area contributed by atoms with Crippen LogP contribution in [-0.4, -0.2) is 42.1 Å². The number of pyridine rings is 1. The minimum absolute atomic E-state index is 0.0238. The topological polar surface area (TPSA) is 123 Å². The molecule has 1 amide bonds. The summed E-state index contributed by atoms with van der Waals surface area (Å²) < 4.78 is 35.7. The van der Waals surface area contributed by atoms with E-state index in [0.717, 1.165) is 40.4 Å². The number of rotatable bonds is 5. The fourth-order valence-electron chi connectivity index (χ4n) is 4.66. The molecule has 0 radical (unpaired) electrons. The first-order valence-corrected chi connectivity index (χ1v) is 13.8. The van der Waals surface area contributed by atoms with Gasteiger partial charge < -0.3 is 19.8 Å². The summed E-state index contributed by atoms with van der Waals surface area (Å²) >= 11 is 0. The third-order valence-electron chi connectivity index (χ3n) is 6.61. The first-order chi connectivity index (χ1) is 17.8. The lowest BCUT2D eigenvalue weighted by molar-refractivity contribution is -0.116. The Balaban J connectivity index is 1.20. The van der Waals surface area contributed by atoms with Gasteiger partial charge in [-0.15, -0.1) is 0 Å². The Labute approximate surface area is 213 Å². The van der Waals surface area contributed by atoms with E-state index in [4.69, 9.17) is 9.47 Å². The number of hydrogen-bond donors (Lipinski definition) is 2. The Morgan fingerprint density at radius 2 is 1.89 bits per heavy atom. The van der Waals surface area contributed by atoms with Crippen LogP contribution in [0.25, 0.3) is 11.3 Å². The van der Waals surface area contributed by atoms with Gasteiger partial charge in [-0.05, 0) is 60.4 Å². The number of hydrogen-bond acceptors (Lipinski definition) is 7. The molecule has 2 aromatic heterocycles. The van der Waals surface area contributed by atoms with Crippen LogP contribution in [0, 0.1) is 0 Å². The van der Waals surface area contributed by atoms with Crippen LogP contribution in [0.4, 0.5) is 5.82 Å². The van der Waals surface area contributed by atoms with E-state index in [0.29, 0.717) is 36.8 Å². The van der Waals surface area contributed by atoms with Gasteiger partial charge in [-0.1, -0.05) is 12.1 Å². The standard InChI is InChI=1S/C27H24N4O5S/c1-37(33,34)20-5-2-16(3-6-20)22-14-29-26(30-22)18-12-17-13-19(4-8-23(17)35-15-18)36-24-10-11-28-27-21(24)7-9-25(32)31-27/h2-6,8,10-11,13-14,18H,7,9,12,15H2,1H3,(H,29,30)(H,28,31,32). The third-order valence-corrected chi connectivity index (χ3v) is 7.74. The molecule has 1 unspecified atom stereocenters. The lowest BCUT2D eigenvalue weighted by Gasteiger charge is -2.25. The smallest absolute Gasteiger partial charge is 0.225 e. The van der Waals surface area contributed by atoms with Crippen molar-refractivity contribution >= 4 is 21.6 Å². The van der Waals surface area contributed by atoms with Gasteiger partial charge in [0.2, 0.25) is 5.91 Å². The molecule has 37 heavy (non-hydrogen) atoms. The highest BCUT2D eigenvalue weighted by Crippen LogP contribution is 2.37. The SMILES string of the molecule is CS(=O)(=O)c1ccc(-c2cnc(C3COc4ccc(Oc5ccnc6c5CCC(=O)N6)cc4C3)[nH]2)cc1. The Kier molecular flexibility index (Phi) is 5.68. The van der Waals surface area contributed by atoms with Crippen molar-refractivity contribution in [3.8, 4) is 28.5 Å². The summed E-state index contributed by atoms with van der Waals surface area (Å²) in [6.45, 7) is 0.491. The number of benzene rings is 2. The Hall–Kier alpha value is -4.18. The molecule has 2 N–H and O–H groups in total. The molecule has 0 spiro atoms. The molecular formula is C27H24N4O5S. The molecule has 2 aromatic carbocycles. The van der Waals surface area contributed by atoms with Crippen molar-refractivity contribution in [1.29, 1.82) is 0 Å². The molecule has 1 atom stereocenters. The number of nitrogens with zero attached hydrogens (tertiary/aromatic N) is 2. The van der Waals surface area contributed by atoms with Crippen molar-refractivity contribution < 1.29 is 22.7 Å². The molecule has 0 aliphatic carbocycles. The number of fused-ring (bicyclic) bond motifs is 2. The second-order valence-corrected chi connectivity index (χ2v) is 11.3. The van der Waals surface area contributed by atoms with Crippen molar-refractivity contribution in [3.63, 3.8) is 0 Å². The van der Waals surface area contributed by atoms with E-state index in [9.17, 15) is 13.2 Å². The molecule has 10 heteroatoms. The summed E-state index contributed by atoms with van der Waals surface area (Å²) in [5.74, 6) is 3.51. The van der Waals surface area contributed by atoms with Crippen LogP contribution in [0.3, 0.4) is 0 Å². The average Bonchev–Trinajstić information content (AvgIpc) is 3.38. The normalized spacial score (nSPS) is 16.8. The maximum atomic E-state index is 11.7. The largest absolute Gasteiger partial charge is 0.493 e. The highest BCUT2D eigenvalue weighted by Gasteiger charge is 2.25. The fourth-order valence-corrected chi connectivity index (χ4v) is 5.29. The van der Waals surface area contributed by atoms with Crippen LogP contribution in [0.2, 0.25) is 0 Å². The molecule has 0 saturated heterocycles. The van der Waals surface area contributed by atoms with Crippen molar-refractivity contribution in [2.75, 3.05) is 18.2 Å². The minimum atomic E-state index is -3.24. The van der Waals surface area contributed by atoms with E-state index in [1.807, 2.05) is 24.3 Å². The molecule has 4 aromatic rings. The number of anilines is 1. The van der Waals surface area contributed by atoms with Gasteiger partial charge >= 0.3 is 0 Å². The number of sulfone groups is 1. The Morgan fingerprint density at radius 1 is 1.05 bits per heavy atom.